The topological polar surface area (TPSA) is 81.7 Å². The molecule has 0 saturated carbocycles. The van der Waals surface area contributed by atoms with Gasteiger partial charge in [0.2, 0.25) is 5.95 Å². The number of anilines is 2. The number of aromatic nitrogens is 5. The Hall–Kier alpha value is -3.65. The number of hydrogen-bond acceptors (Lipinski definition) is 5. The molecule has 4 aromatic rings. The summed E-state index contributed by atoms with van der Waals surface area (Å²) in [7, 11) is 2.02. The second kappa shape index (κ2) is 8.29. The lowest BCUT2D eigenvalue weighted by Gasteiger charge is -2.21. The van der Waals surface area contributed by atoms with Crippen LogP contribution >= 0.6 is 0 Å². The lowest BCUT2D eigenvalue weighted by atomic mass is 9.92. The predicted molar refractivity (Wildman–Crippen MR) is 136 cm³/mol. The summed E-state index contributed by atoms with van der Waals surface area (Å²) >= 11 is 0. The smallest absolute Gasteiger partial charge is 0.278 e. The summed E-state index contributed by atoms with van der Waals surface area (Å²) < 4.78 is 5.65. The van der Waals surface area contributed by atoms with Crippen molar-refractivity contribution in [2.24, 2.45) is 7.05 Å². The molecule has 4 heterocycles. The molecule has 0 saturated heterocycles. The van der Waals surface area contributed by atoms with Crippen LogP contribution < -0.4 is 16.2 Å². The highest BCUT2D eigenvalue weighted by atomic mass is 16.1. The zero-order valence-corrected chi connectivity index (χ0v) is 20.2. The molecule has 1 aromatic carbocycles. The molecule has 0 amide bonds. The average molecular weight is 458 g/mol. The van der Waals surface area contributed by atoms with Crippen LogP contribution in [0.25, 0.3) is 16.9 Å². The quantitative estimate of drug-likeness (QED) is 0.446. The maximum absolute atomic E-state index is 13.2. The van der Waals surface area contributed by atoms with Crippen LogP contribution in [0, 0.1) is 0 Å². The summed E-state index contributed by atoms with van der Waals surface area (Å²) in [4.78, 5) is 22.5. The molecule has 8 heteroatoms. The highest BCUT2D eigenvalue weighted by molar-refractivity contribution is 5.77. The Morgan fingerprint density at radius 2 is 2.03 bits per heavy atom. The van der Waals surface area contributed by atoms with E-state index in [0.717, 1.165) is 36.7 Å². The standard InChI is InChI=1S/C26H31N7O/c1-6-13-32-24(34)20-16-28-25(29-19-8-7-18-15-27-12-11-17(18)14-19)30-23(20)33(32)22-10-9-21(31(22)5)26(2,3)4/h6-10,14,16,27H,1,11-13,15H2,2-5H3,(H,28,29,30). The number of hydrogen-bond donors (Lipinski definition) is 2. The molecular formula is C26H31N7O. The lowest BCUT2D eigenvalue weighted by Crippen LogP contribution is -2.24. The summed E-state index contributed by atoms with van der Waals surface area (Å²) in [5.74, 6) is 1.32. The third-order valence-corrected chi connectivity index (χ3v) is 6.41. The number of allylic oxidation sites excluding steroid dienone is 1. The molecule has 2 N–H and O–H groups in total. The van der Waals surface area contributed by atoms with Crippen LogP contribution in [0.2, 0.25) is 0 Å². The zero-order valence-electron chi connectivity index (χ0n) is 20.2. The Morgan fingerprint density at radius 1 is 1.21 bits per heavy atom. The van der Waals surface area contributed by atoms with Crippen molar-refractivity contribution in [3.05, 3.63) is 76.4 Å². The van der Waals surface area contributed by atoms with E-state index >= 15 is 0 Å². The van der Waals surface area contributed by atoms with Crippen LogP contribution in [0.1, 0.15) is 37.6 Å². The minimum absolute atomic E-state index is 0.0385. The van der Waals surface area contributed by atoms with Crippen LogP contribution in [0.5, 0.6) is 0 Å². The van der Waals surface area contributed by atoms with E-state index in [-0.39, 0.29) is 11.0 Å². The molecule has 1 aliphatic heterocycles. The molecular weight excluding hydrogens is 426 g/mol. The summed E-state index contributed by atoms with van der Waals surface area (Å²) in [5, 5.41) is 7.21. The largest absolute Gasteiger partial charge is 0.333 e. The minimum atomic E-state index is -0.138. The number of nitrogens with one attached hydrogen (secondary N) is 2. The van der Waals surface area contributed by atoms with Gasteiger partial charge in [-0.25, -0.2) is 14.3 Å². The molecule has 0 unspecified atom stereocenters. The first-order valence-corrected chi connectivity index (χ1v) is 11.6. The first-order valence-electron chi connectivity index (χ1n) is 11.6. The van der Waals surface area contributed by atoms with Gasteiger partial charge < -0.3 is 15.2 Å². The molecule has 0 aliphatic carbocycles. The molecule has 0 atom stereocenters. The Balaban J connectivity index is 1.63. The van der Waals surface area contributed by atoms with Gasteiger partial charge in [-0.3, -0.25) is 4.79 Å². The monoisotopic (exact) mass is 457 g/mol. The summed E-state index contributed by atoms with van der Waals surface area (Å²) in [6.45, 7) is 12.6. The van der Waals surface area contributed by atoms with Gasteiger partial charge in [-0.05, 0) is 48.4 Å². The number of nitrogens with zero attached hydrogens (tertiary/aromatic N) is 5. The molecule has 0 fully saturated rings. The molecule has 1 aliphatic rings. The first-order chi connectivity index (χ1) is 16.3. The summed E-state index contributed by atoms with van der Waals surface area (Å²) in [6.07, 6.45) is 4.33. The van der Waals surface area contributed by atoms with Gasteiger partial charge in [0.1, 0.15) is 11.2 Å². The van der Waals surface area contributed by atoms with Crippen molar-refractivity contribution >= 4 is 22.7 Å². The van der Waals surface area contributed by atoms with Crippen LogP contribution in [0.15, 0.2) is 54.0 Å². The van der Waals surface area contributed by atoms with Gasteiger partial charge in [0.15, 0.2) is 5.65 Å². The molecule has 176 valence electrons. The number of fused-ring (bicyclic) bond motifs is 2. The van der Waals surface area contributed by atoms with Crippen LogP contribution in [0.3, 0.4) is 0 Å². The normalized spacial score (nSPS) is 13.8. The lowest BCUT2D eigenvalue weighted by molar-refractivity contribution is 0.526. The third kappa shape index (κ3) is 3.74. The van der Waals surface area contributed by atoms with E-state index in [0.29, 0.717) is 23.5 Å². The van der Waals surface area contributed by atoms with Gasteiger partial charge in [-0.2, -0.15) is 4.98 Å². The van der Waals surface area contributed by atoms with E-state index in [9.17, 15) is 4.79 Å². The number of benzene rings is 1. The fourth-order valence-corrected chi connectivity index (χ4v) is 4.76. The minimum Gasteiger partial charge on any atom is -0.333 e. The Bertz CT molecular complexity index is 1450. The maximum Gasteiger partial charge on any atom is 0.278 e. The SMILES string of the molecule is C=CCn1c(=O)c2cnc(Nc3ccc4c(c3)CCNC4)nc2n1-c1ccc(C(C)(C)C)n1C. The Labute approximate surface area is 198 Å². The highest BCUT2D eigenvalue weighted by Gasteiger charge is 2.23. The van der Waals surface area contributed by atoms with Gasteiger partial charge in [0.05, 0.1) is 6.54 Å². The maximum atomic E-state index is 13.2. The summed E-state index contributed by atoms with van der Waals surface area (Å²) in [5.41, 5.74) is 5.14. The van der Waals surface area contributed by atoms with Crippen LogP contribution in [-0.2, 0) is 32.0 Å². The van der Waals surface area contributed by atoms with Gasteiger partial charge in [-0.1, -0.05) is 32.9 Å². The second-order valence-electron chi connectivity index (χ2n) is 9.84. The highest BCUT2D eigenvalue weighted by Crippen LogP contribution is 2.27. The average Bonchev–Trinajstić information content (AvgIpc) is 3.31. The van der Waals surface area contributed by atoms with Gasteiger partial charge in [-0.15, -0.1) is 6.58 Å². The van der Waals surface area contributed by atoms with Crippen molar-refractivity contribution in [1.29, 1.82) is 0 Å². The molecule has 8 nitrogen and oxygen atoms in total. The third-order valence-electron chi connectivity index (χ3n) is 6.41. The van der Waals surface area contributed by atoms with E-state index in [1.165, 1.54) is 11.1 Å². The van der Waals surface area contributed by atoms with Crippen molar-refractivity contribution in [3.8, 4) is 5.82 Å². The molecule has 34 heavy (non-hydrogen) atoms. The fourth-order valence-electron chi connectivity index (χ4n) is 4.76. The van der Waals surface area contributed by atoms with Gasteiger partial charge in [0.25, 0.3) is 5.56 Å². The fraction of sp³-hybridized carbons (Fsp3) is 0.346. The second-order valence-corrected chi connectivity index (χ2v) is 9.84. The van der Waals surface area contributed by atoms with Crippen molar-refractivity contribution in [2.45, 2.75) is 45.7 Å². The molecule has 0 radical (unpaired) electrons. The van der Waals surface area contributed by atoms with E-state index < -0.39 is 0 Å². The summed E-state index contributed by atoms with van der Waals surface area (Å²) in [6, 6.07) is 10.5. The molecule has 3 aromatic heterocycles. The molecule has 0 spiro atoms. The van der Waals surface area contributed by atoms with Gasteiger partial charge in [0, 0.05) is 36.6 Å². The Kier molecular flexibility index (Phi) is 5.40. The van der Waals surface area contributed by atoms with Crippen LogP contribution in [-0.4, -0.2) is 30.4 Å². The van der Waals surface area contributed by atoms with E-state index in [2.05, 4.69) is 65.7 Å². The van der Waals surface area contributed by atoms with E-state index in [1.54, 1.807) is 17.0 Å². The van der Waals surface area contributed by atoms with Crippen LogP contribution in [0.4, 0.5) is 11.6 Å². The van der Waals surface area contributed by atoms with Crippen molar-refractivity contribution in [3.63, 3.8) is 0 Å². The van der Waals surface area contributed by atoms with E-state index in [1.807, 2.05) is 23.9 Å². The van der Waals surface area contributed by atoms with Crippen molar-refractivity contribution in [2.75, 3.05) is 11.9 Å². The zero-order chi connectivity index (χ0) is 24.0. The van der Waals surface area contributed by atoms with Gasteiger partial charge >= 0.3 is 0 Å². The van der Waals surface area contributed by atoms with Crippen molar-refractivity contribution < 1.29 is 0 Å². The van der Waals surface area contributed by atoms with E-state index in [4.69, 9.17) is 4.98 Å². The molecule has 5 rings (SSSR count). The number of rotatable bonds is 5. The first kappa shape index (κ1) is 22.2. The Morgan fingerprint density at radius 3 is 2.76 bits per heavy atom. The molecule has 0 bridgehead atoms. The van der Waals surface area contributed by atoms with Crippen molar-refractivity contribution in [1.82, 2.24) is 29.2 Å². The predicted octanol–water partition coefficient (Wildman–Crippen LogP) is 3.79.